The summed E-state index contributed by atoms with van der Waals surface area (Å²) >= 11 is 0. The van der Waals surface area contributed by atoms with E-state index in [4.69, 9.17) is 4.74 Å². The monoisotopic (exact) mass is 461 g/mol. The number of hydrogen-bond acceptors (Lipinski definition) is 4. The van der Waals surface area contributed by atoms with Crippen molar-refractivity contribution in [1.29, 1.82) is 0 Å². The van der Waals surface area contributed by atoms with Crippen molar-refractivity contribution in [3.63, 3.8) is 0 Å². The van der Waals surface area contributed by atoms with E-state index in [2.05, 4.69) is 10.3 Å². The van der Waals surface area contributed by atoms with Crippen LogP contribution in [0.1, 0.15) is 40.9 Å². The first-order chi connectivity index (χ1) is 16.6. The molecule has 6 nitrogen and oxygen atoms in total. The maximum absolute atomic E-state index is 13.8. The molecule has 2 amide bonds. The number of hydrogen-bond donors (Lipinski definition) is 1. The number of nitrogens with zero attached hydrogens (tertiary/aromatic N) is 2. The summed E-state index contributed by atoms with van der Waals surface area (Å²) in [7, 11) is 0. The van der Waals surface area contributed by atoms with Crippen molar-refractivity contribution in [3.8, 4) is 5.75 Å². The lowest BCUT2D eigenvalue weighted by Gasteiger charge is -2.30. The van der Waals surface area contributed by atoms with Crippen LogP contribution in [0, 0.1) is 5.82 Å². The van der Waals surface area contributed by atoms with Gasteiger partial charge in [0.25, 0.3) is 5.91 Å². The molecule has 1 fully saturated rings. The van der Waals surface area contributed by atoms with Gasteiger partial charge in [-0.05, 0) is 60.7 Å². The maximum Gasteiger partial charge on any atom is 0.273 e. The summed E-state index contributed by atoms with van der Waals surface area (Å²) in [5.41, 5.74) is 1.74. The second kappa shape index (κ2) is 11.4. The van der Waals surface area contributed by atoms with Crippen LogP contribution in [0.4, 0.5) is 4.39 Å². The molecule has 4 rings (SSSR count). The molecule has 0 radical (unpaired) electrons. The zero-order valence-corrected chi connectivity index (χ0v) is 19.0. The summed E-state index contributed by atoms with van der Waals surface area (Å²) in [6.45, 7) is 1.19. The Morgan fingerprint density at radius 3 is 2.76 bits per heavy atom. The van der Waals surface area contributed by atoms with E-state index in [0.717, 1.165) is 18.4 Å². The lowest BCUT2D eigenvalue weighted by atomic mass is 10.1. The molecule has 1 aliphatic heterocycles. The second-order valence-corrected chi connectivity index (χ2v) is 8.29. The van der Waals surface area contributed by atoms with E-state index in [9.17, 15) is 14.0 Å². The highest BCUT2D eigenvalue weighted by molar-refractivity contribution is 5.96. The number of pyridine rings is 1. The van der Waals surface area contributed by atoms with Crippen molar-refractivity contribution in [2.45, 2.75) is 38.3 Å². The van der Waals surface area contributed by atoms with E-state index in [1.807, 2.05) is 24.3 Å². The summed E-state index contributed by atoms with van der Waals surface area (Å²) in [5.74, 6) is -0.0396. The van der Waals surface area contributed by atoms with Gasteiger partial charge in [-0.1, -0.05) is 36.4 Å². The molecule has 1 aromatic heterocycles. The van der Waals surface area contributed by atoms with Crippen LogP contribution in [0.3, 0.4) is 0 Å². The SMILES string of the molecule is O=C1NCCCC[C@@H]1N(Cc1cccc(OCCc2ccccc2F)c1)C(=O)c1ccccn1. The predicted molar refractivity (Wildman–Crippen MR) is 127 cm³/mol. The number of rotatable bonds is 8. The largest absolute Gasteiger partial charge is 0.493 e. The molecular formula is C27H28FN3O3. The third-order valence-corrected chi connectivity index (χ3v) is 5.88. The van der Waals surface area contributed by atoms with Gasteiger partial charge in [0, 0.05) is 25.7 Å². The summed E-state index contributed by atoms with van der Waals surface area (Å²) in [4.78, 5) is 31.9. The lowest BCUT2D eigenvalue weighted by Crippen LogP contribution is -2.48. The van der Waals surface area contributed by atoms with Crippen LogP contribution in [0.2, 0.25) is 0 Å². The van der Waals surface area contributed by atoms with Crippen molar-refractivity contribution in [2.24, 2.45) is 0 Å². The van der Waals surface area contributed by atoms with Crippen LogP contribution in [-0.4, -0.2) is 40.9 Å². The molecule has 2 aromatic carbocycles. The summed E-state index contributed by atoms with van der Waals surface area (Å²) < 4.78 is 19.7. The Hall–Kier alpha value is -3.74. The zero-order chi connectivity index (χ0) is 23.8. The molecule has 0 unspecified atom stereocenters. The first kappa shape index (κ1) is 23.4. The van der Waals surface area contributed by atoms with Gasteiger partial charge in [-0.25, -0.2) is 4.39 Å². The van der Waals surface area contributed by atoms with Crippen molar-refractivity contribution in [3.05, 3.63) is 95.6 Å². The predicted octanol–water partition coefficient (Wildman–Crippen LogP) is 4.15. The van der Waals surface area contributed by atoms with Crippen molar-refractivity contribution >= 4 is 11.8 Å². The average molecular weight is 462 g/mol. The second-order valence-electron chi connectivity index (χ2n) is 8.29. The Morgan fingerprint density at radius 1 is 1.09 bits per heavy atom. The van der Waals surface area contributed by atoms with Crippen molar-refractivity contribution in [2.75, 3.05) is 13.2 Å². The van der Waals surface area contributed by atoms with Crippen LogP contribution < -0.4 is 10.1 Å². The highest BCUT2D eigenvalue weighted by Gasteiger charge is 2.32. The van der Waals surface area contributed by atoms with Gasteiger partial charge in [0.05, 0.1) is 6.61 Å². The molecule has 1 N–H and O–H groups in total. The molecule has 1 aliphatic rings. The number of carbonyl (C=O) groups is 2. The van der Waals surface area contributed by atoms with Crippen molar-refractivity contribution in [1.82, 2.24) is 15.2 Å². The fourth-order valence-electron chi connectivity index (χ4n) is 4.09. The molecule has 34 heavy (non-hydrogen) atoms. The summed E-state index contributed by atoms with van der Waals surface area (Å²) in [6.07, 6.45) is 4.36. The Kier molecular flexibility index (Phi) is 7.86. The van der Waals surface area contributed by atoms with Gasteiger partial charge >= 0.3 is 0 Å². The zero-order valence-electron chi connectivity index (χ0n) is 19.0. The van der Waals surface area contributed by atoms with Gasteiger partial charge in [0.2, 0.25) is 5.91 Å². The summed E-state index contributed by atoms with van der Waals surface area (Å²) in [6, 6.07) is 18.7. The number of nitrogens with one attached hydrogen (secondary N) is 1. The minimum atomic E-state index is -0.567. The quantitative estimate of drug-likeness (QED) is 0.547. The van der Waals surface area contributed by atoms with Gasteiger partial charge in [0.15, 0.2) is 0 Å². The van der Waals surface area contributed by atoms with Crippen LogP contribution in [0.15, 0.2) is 72.9 Å². The Bertz CT molecular complexity index is 1120. The molecule has 7 heteroatoms. The van der Waals surface area contributed by atoms with Crippen LogP contribution in [0.25, 0.3) is 0 Å². The molecular weight excluding hydrogens is 433 g/mol. The first-order valence-electron chi connectivity index (χ1n) is 11.6. The standard InChI is InChI=1S/C27H28FN3O3/c28-23-11-2-1-9-21(23)14-17-34-22-10-7-8-20(18-22)19-31(25-13-4-6-16-30-26(25)32)27(33)24-12-3-5-15-29-24/h1-3,5,7-12,15,18,25H,4,6,13-14,16-17,19H2,(H,30,32)/t25-/m0/s1. The third kappa shape index (κ3) is 5.98. The average Bonchev–Trinajstić information content (AvgIpc) is 3.08. The van der Waals surface area contributed by atoms with E-state index in [-0.39, 0.29) is 24.2 Å². The van der Waals surface area contributed by atoms with Crippen LogP contribution in [-0.2, 0) is 17.8 Å². The topological polar surface area (TPSA) is 71.5 Å². The normalized spacial score (nSPS) is 15.8. The smallest absolute Gasteiger partial charge is 0.273 e. The number of halogens is 1. The number of benzene rings is 2. The van der Waals surface area contributed by atoms with Gasteiger partial charge in [-0.15, -0.1) is 0 Å². The fraction of sp³-hybridized carbons (Fsp3) is 0.296. The number of aromatic nitrogens is 1. The highest BCUT2D eigenvalue weighted by Crippen LogP contribution is 2.21. The van der Waals surface area contributed by atoms with E-state index in [1.54, 1.807) is 47.5 Å². The first-order valence-corrected chi connectivity index (χ1v) is 11.6. The van der Waals surface area contributed by atoms with Crippen molar-refractivity contribution < 1.29 is 18.7 Å². The minimum Gasteiger partial charge on any atom is -0.493 e. The molecule has 0 bridgehead atoms. The van der Waals surface area contributed by atoms with E-state index < -0.39 is 6.04 Å². The molecule has 0 aliphatic carbocycles. The highest BCUT2D eigenvalue weighted by atomic mass is 19.1. The van der Waals surface area contributed by atoms with Gasteiger partial charge in [-0.3, -0.25) is 14.6 Å². The number of amides is 2. The molecule has 176 valence electrons. The van der Waals surface area contributed by atoms with Crippen LogP contribution >= 0.6 is 0 Å². The molecule has 0 spiro atoms. The molecule has 0 saturated carbocycles. The molecule has 3 aromatic rings. The third-order valence-electron chi connectivity index (χ3n) is 5.88. The van der Waals surface area contributed by atoms with E-state index >= 15 is 0 Å². The van der Waals surface area contributed by atoms with Gasteiger partial charge < -0.3 is 15.0 Å². The molecule has 2 heterocycles. The minimum absolute atomic E-state index is 0.140. The summed E-state index contributed by atoms with van der Waals surface area (Å²) in [5, 5.41) is 2.92. The number of carbonyl (C=O) groups excluding carboxylic acids is 2. The van der Waals surface area contributed by atoms with Gasteiger partial charge in [-0.2, -0.15) is 0 Å². The number of ether oxygens (including phenoxy) is 1. The van der Waals surface area contributed by atoms with Gasteiger partial charge in [0.1, 0.15) is 23.3 Å². The van der Waals surface area contributed by atoms with E-state index in [1.165, 1.54) is 6.07 Å². The van der Waals surface area contributed by atoms with Crippen LogP contribution in [0.5, 0.6) is 5.75 Å². The Balaban J connectivity index is 1.50. The van der Waals surface area contributed by atoms with E-state index in [0.29, 0.717) is 43.0 Å². The molecule has 1 saturated heterocycles. The fourth-order valence-corrected chi connectivity index (χ4v) is 4.09. The Morgan fingerprint density at radius 2 is 1.94 bits per heavy atom. The molecule has 1 atom stereocenters. The Labute approximate surface area is 198 Å². The maximum atomic E-state index is 13.8. The lowest BCUT2D eigenvalue weighted by molar-refractivity contribution is -0.125.